The molecule has 18 heavy (non-hydrogen) atoms. The Kier molecular flexibility index (Phi) is 2.78. The average molecular weight is 253 g/mol. The number of hydrogen-bond donors (Lipinski definition) is 1. The van der Waals surface area contributed by atoms with Crippen LogP contribution < -0.4 is 0 Å². The van der Waals surface area contributed by atoms with Crippen LogP contribution in [-0.4, -0.2) is 15.9 Å². The normalized spacial score (nSPS) is 11.3. The summed E-state index contributed by atoms with van der Waals surface area (Å²) in [7, 11) is 0. The van der Waals surface area contributed by atoms with Crippen LogP contribution in [0.2, 0.25) is 0 Å². The number of imidazole rings is 1. The summed E-state index contributed by atoms with van der Waals surface area (Å²) in [6, 6.07) is 17.9. The summed E-state index contributed by atoms with van der Waals surface area (Å²) in [5.74, 6) is 0. The van der Waals surface area contributed by atoms with Crippen LogP contribution in [0.1, 0.15) is 5.56 Å². The molecular weight excluding hydrogens is 242 g/mol. The zero-order valence-corrected chi connectivity index (χ0v) is 10.4. The van der Waals surface area contributed by atoms with Gasteiger partial charge in [0, 0.05) is 0 Å². The molecule has 0 atom stereocenters. The summed E-state index contributed by atoms with van der Waals surface area (Å²) in [4.78, 5) is 3.13. The fraction of sp³-hybridized carbons (Fsp3) is 0. The van der Waals surface area contributed by atoms with Crippen molar-refractivity contribution in [2.24, 2.45) is 5.10 Å². The Morgan fingerprint density at radius 3 is 2.56 bits per heavy atom. The van der Waals surface area contributed by atoms with Gasteiger partial charge in [-0.1, -0.05) is 42.5 Å². The average Bonchev–Trinajstić information content (AvgIpc) is 2.73. The van der Waals surface area contributed by atoms with E-state index in [0.29, 0.717) is 4.77 Å². The maximum atomic E-state index is 5.26. The minimum atomic E-state index is 0.600. The van der Waals surface area contributed by atoms with Crippen LogP contribution in [0.5, 0.6) is 0 Å². The maximum Gasteiger partial charge on any atom is 0.199 e. The molecule has 3 rings (SSSR count). The molecule has 2 aromatic carbocycles. The number of nitrogens with one attached hydrogen (secondary N) is 1. The molecule has 0 fully saturated rings. The molecule has 0 amide bonds. The lowest BCUT2D eigenvalue weighted by molar-refractivity contribution is 0.895. The Bertz CT molecular complexity index is 753. The van der Waals surface area contributed by atoms with Crippen molar-refractivity contribution >= 4 is 29.5 Å². The van der Waals surface area contributed by atoms with E-state index < -0.39 is 0 Å². The second-order valence-electron chi connectivity index (χ2n) is 3.91. The predicted octanol–water partition coefficient (Wildman–Crippen LogP) is 3.58. The fourth-order valence-corrected chi connectivity index (χ4v) is 2.08. The first-order chi connectivity index (χ1) is 8.84. The van der Waals surface area contributed by atoms with E-state index in [4.69, 9.17) is 12.2 Å². The molecule has 0 aliphatic carbocycles. The highest BCUT2D eigenvalue weighted by molar-refractivity contribution is 7.71. The number of rotatable bonds is 2. The van der Waals surface area contributed by atoms with E-state index in [9.17, 15) is 0 Å². The number of benzene rings is 2. The molecule has 0 aliphatic rings. The lowest BCUT2D eigenvalue weighted by Crippen LogP contribution is -1.90. The minimum Gasteiger partial charge on any atom is -0.329 e. The summed E-state index contributed by atoms with van der Waals surface area (Å²) < 4.78 is 2.33. The smallest absolute Gasteiger partial charge is 0.199 e. The summed E-state index contributed by atoms with van der Waals surface area (Å²) in [6.45, 7) is 0. The first kappa shape index (κ1) is 10.9. The van der Waals surface area contributed by atoms with Crippen LogP contribution >= 0.6 is 12.2 Å². The Labute approximate surface area is 109 Å². The van der Waals surface area contributed by atoms with Gasteiger partial charge in [0.05, 0.1) is 17.2 Å². The highest BCUT2D eigenvalue weighted by atomic mass is 32.1. The van der Waals surface area contributed by atoms with Crippen LogP contribution in [0.25, 0.3) is 11.0 Å². The molecule has 0 aliphatic heterocycles. The first-order valence-electron chi connectivity index (χ1n) is 5.64. The van der Waals surface area contributed by atoms with Crippen molar-refractivity contribution in [1.82, 2.24) is 9.66 Å². The second kappa shape index (κ2) is 4.58. The van der Waals surface area contributed by atoms with Crippen LogP contribution in [0.3, 0.4) is 0 Å². The Hall–Kier alpha value is -2.20. The topological polar surface area (TPSA) is 33.1 Å². The monoisotopic (exact) mass is 253 g/mol. The van der Waals surface area contributed by atoms with Crippen molar-refractivity contribution in [2.75, 3.05) is 0 Å². The molecule has 1 heterocycles. The van der Waals surface area contributed by atoms with Gasteiger partial charge >= 0.3 is 0 Å². The Morgan fingerprint density at radius 2 is 1.72 bits per heavy atom. The number of aromatic amines is 1. The molecule has 88 valence electrons. The van der Waals surface area contributed by atoms with Gasteiger partial charge in [-0.15, -0.1) is 0 Å². The lowest BCUT2D eigenvalue weighted by Gasteiger charge is -1.95. The Balaban J connectivity index is 2.08. The number of H-pyrrole nitrogens is 1. The van der Waals surface area contributed by atoms with Crippen molar-refractivity contribution < 1.29 is 0 Å². The highest BCUT2D eigenvalue weighted by Gasteiger charge is 2.00. The van der Waals surface area contributed by atoms with Gasteiger partial charge in [0.25, 0.3) is 0 Å². The van der Waals surface area contributed by atoms with E-state index in [1.165, 1.54) is 0 Å². The van der Waals surface area contributed by atoms with Gasteiger partial charge in [-0.05, 0) is 29.9 Å². The third kappa shape index (κ3) is 1.98. The standard InChI is InChI=1S/C14H11N3S/c18-14-16-12-8-4-5-9-13(12)17(14)15-10-11-6-2-1-3-7-11/h1-10H,(H,16,18)/b15-10+. The molecule has 4 heteroatoms. The zero-order chi connectivity index (χ0) is 12.4. The molecule has 0 saturated heterocycles. The van der Waals surface area contributed by atoms with Crippen LogP contribution in [0.15, 0.2) is 59.7 Å². The van der Waals surface area contributed by atoms with Crippen molar-refractivity contribution in [3.63, 3.8) is 0 Å². The Morgan fingerprint density at radius 1 is 1.00 bits per heavy atom. The van der Waals surface area contributed by atoms with Gasteiger partial charge < -0.3 is 4.98 Å². The highest BCUT2D eigenvalue weighted by Crippen LogP contribution is 2.13. The number of aromatic nitrogens is 2. The number of para-hydroxylation sites is 2. The summed E-state index contributed by atoms with van der Waals surface area (Å²) in [5, 5.41) is 4.42. The van der Waals surface area contributed by atoms with Gasteiger partial charge in [-0.2, -0.15) is 5.10 Å². The maximum absolute atomic E-state index is 5.26. The quantitative estimate of drug-likeness (QED) is 0.549. The van der Waals surface area contributed by atoms with Crippen molar-refractivity contribution in [3.8, 4) is 0 Å². The molecule has 3 aromatic rings. The third-order valence-corrected chi connectivity index (χ3v) is 2.96. The van der Waals surface area contributed by atoms with Crippen molar-refractivity contribution in [2.45, 2.75) is 0 Å². The van der Waals surface area contributed by atoms with Gasteiger partial charge in [-0.25, -0.2) is 4.68 Å². The molecule has 3 nitrogen and oxygen atoms in total. The number of hydrogen-bond acceptors (Lipinski definition) is 2. The van der Waals surface area contributed by atoms with Crippen LogP contribution in [0.4, 0.5) is 0 Å². The zero-order valence-electron chi connectivity index (χ0n) is 9.58. The summed E-state index contributed by atoms with van der Waals surface area (Å²) in [6.07, 6.45) is 1.80. The van der Waals surface area contributed by atoms with E-state index in [0.717, 1.165) is 16.6 Å². The van der Waals surface area contributed by atoms with E-state index in [-0.39, 0.29) is 0 Å². The molecule has 0 saturated carbocycles. The molecule has 0 unspecified atom stereocenters. The molecule has 0 spiro atoms. The van der Waals surface area contributed by atoms with E-state index in [1.807, 2.05) is 54.6 Å². The fourth-order valence-electron chi connectivity index (χ4n) is 1.82. The SMILES string of the molecule is S=c1[nH]c2ccccc2n1/N=C/c1ccccc1. The third-order valence-electron chi connectivity index (χ3n) is 2.69. The van der Waals surface area contributed by atoms with Gasteiger partial charge in [-0.3, -0.25) is 0 Å². The van der Waals surface area contributed by atoms with Crippen molar-refractivity contribution in [3.05, 3.63) is 64.9 Å². The van der Waals surface area contributed by atoms with Crippen LogP contribution in [-0.2, 0) is 0 Å². The van der Waals surface area contributed by atoms with E-state index >= 15 is 0 Å². The van der Waals surface area contributed by atoms with E-state index in [1.54, 1.807) is 10.9 Å². The molecule has 1 N–H and O–H groups in total. The molecule has 1 aromatic heterocycles. The van der Waals surface area contributed by atoms with Crippen LogP contribution in [0, 0.1) is 4.77 Å². The molecule has 0 bridgehead atoms. The first-order valence-corrected chi connectivity index (χ1v) is 6.04. The molecule has 0 radical (unpaired) electrons. The minimum absolute atomic E-state index is 0.600. The van der Waals surface area contributed by atoms with Gasteiger partial charge in [0.15, 0.2) is 4.77 Å². The van der Waals surface area contributed by atoms with Gasteiger partial charge in [0.1, 0.15) is 0 Å². The number of fused-ring (bicyclic) bond motifs is 1. The summed E-state index contributed by atoms with van der Waals surface area (Å²) >= 11 is 5.26. The van der Waals surface area contributed by atoms with Gasteiger partial charge in [0.2, 0.25) is 0 Å². The predicted molar refractivity (Wildman–Crippen MR) is 76.6 cm³/mol. The largest absolute Gasteiger partial charge is 0.329 e. The summed E-state index contributed by atoms with van der Waals surface area (Å²) in [5.41, 5.74) is 3.02. The van der Waals surface area contributed by atoms with Crippen molar-refractivity contribution in [1.29, 1.82) is 0 Å². The van der Waals surface area contributed by atoms with E-state index in [2.05, 4.69) is 10.1 Å². The molecular formula is C14H11N3S. The second-order valence-corrected chi connectivity index (χ2v) is 4.30. The number of nitrogens with zero attached hydrogens (tertiary/aromatic N) is 2. The lowest BCUT2D eigenvalue weighted by atomic mass is 10.2.